The minimum Gasteiger partial charge on any atom is -0.368 e. The van der Waals surface area contributed by atoms with Gasteiger partial charge in [0.05, 0.1) is 4.92 Å². The molecule has 1 aromatic carbocycles. The third-order valence-electron chi connectivity index (χ3n) is 2.43. The summed E-state index contributed by atoms with van der Waals surface area (Å²) in [5, 5.41) is 16.9. The van der Waals surface area contributed by atoms with Gasteiger partial charge in [-0.05, 0) is 19.9 Å². The van der Waals surface area contributed by atoms with E-state index in [1.807, 2.05) is 13.8 Å². The second kappa shape index (κ2) is 5.96. The summed E-state index contributed by atoms with van der Waals surface area (Å²) in [4.78, 5) is 18.5. The summed E-state index contributed by atoms with van der Waals surface area (Å²) < 4.78 is 0. The molecule has 0 spiro atoms. The molecule has 0 atom stereocenters. The average Bonchev–Trinajstić information content (AvgIpc) is 2.38. The number of anilines is 3. The van der Waals surface area contributed by atoms with Crippen LogP contribution in [0.3, 0.4) is 0 Å². The number of nitrogens with one attached hydrogen (secondary N) is 2. The number of rotatable bonds is 5. The summed E-state index contributed by atoms with van der Waals surface area (Å²) in [6, 6.07) is 8.27. The first-order valence-electron chi connectivity index (χ1n) is 6.14. The van der Waals surface area contributed by atoms with Gasteiger partial charge in [-0.2, -0.15) is 0 Å². The minimum absolute atomic E-state index is 0.0320. The zero-order chi connectivity index (χ0) is 14.5. The van der Waals surface area contributed by atoms with Crippen molar-refractivity contribution in [2.45, 2.75) is 19.9 Å². The van der Waals surface area contributed by atoms with Crippen LogP contribution in [0.25, 0.3) is 0 Å². The van der Waals surface area contributed by atoms with Gasteiger partial charge in [0.15, 0.2) is 0 Å². The lowest BCUT2D eigenvalue weighted by Gasteiger charge is -2.10. The van der Waals surface area contributed by atoms with Gasteiger partial charge in [-0.15, -0.1) is 0 Å². The lowest BCUT2D eigenvalue weighted by molar-refractivity contribution is -0.384. The maximum Gasteiger partial charge on any atom is 0.271 e. The normalized spacial score (nSPS) is 10.3. The highest BCUT2D eigenvalue weighted by atomic mass is 16.6. The van der Waals surface area contributed by atoms with Crippen molar-refractivity contribution < 1.29 is 4.92 Å². The highest BCUT2D eigenvalue weighted by Gasteiger charge is 2.06. The second-order valence-corrected chi connectivity index (χ2v) is 4.52. The number of aromatic nitrogens is 2. The third-order valence-corrected chi connectivity index (χ3v) is 2.43. The molecule has 0 fully saturated rings. The Balaban J connectivity index is 2.17. The fourth-order valence-electron chi connectivity index (χ4n) is 1.65. The van der Waals surface area contributed by atoms with Gasteiger partial charge >= 0.3 is 0 Å². The third kappa shape index (κ3) is 3.64. The van der Waals surface area contributed by atoms with Crippen LogP contribution >= 0.6 is 0 Å². The van der Waals surface area contributed by atoms with Crippen LogP contribution in [0.1, 0.15) is 13.8 Å². The molecule has 0 aliphatic rings. The number of nitrogens with zero attached hydrogens (tertiary/aromatic N) is 3. The van der Waals surface area contributed by atoms with E-state index in [4.69, 9.17) is 0 Å². The molecular formula is C13H15N5O2. The van der Waals surface area contributed by atoms with Gasteiger partial charge in [-0.1, -0.05) is 6.07 Å². The Labute approximate surface area is 116 Å². The van der Waals surface area contributed by atoms with Crippen LogP contribution in [0.2, 0.25) is 0 Å². The topological polar surface area (TPSA) is 93.0 Å². The van der Waals surface area contributed by atoms with Gasteiger partial charge in [0.1, 0.15) is 18.0 Å². The van der Waals surface area contributed by atoms with Crippen molar-refractivity contribution in [3.8, 4) is 0 Å². The first kappa shape index (κ1) is 13.7. The van der Waals surface area contributed by atoms with Crippen LogP contribution in [0.4, 0.5) is 23.0 Å². The molecule has 104 valence electrons. The first-order chi connectivity index (χ1) is 9.54. The monoisotopic (exact) mass is 273 g/mol. The van der Waals surface area contributed by atoms with Crippen molar-refractivity contribution in [2.75, 3.05) is 10.6 Å². The summed E-state index contributed by atoms with van der Waals surface area (Å²) in [5.74, 6) is 1.27. The highest BCUT2D eigenvalue weighted by Crippen LogP contribution is 2.21. The minimum atomic E-state index is -0.434. The van der Waals surface area contributed by atoms with E-state index >= 15 is 0 Å². The number of non-ortho nitro benzene ring substituents is 1. The first-order valence-corrected chi connectivity index (χ1v) is 6.14. The molecule has 1 aromatic heterocycles. The molecule has 20 heavy (non-hydrogen) atoms. The molecule has 7 heteroatoms. The summed E-state index contributed by atoms with van der Waals surface area (Å²) in [6.45, 7) is 4.02. The SMILES string of the molecule is CC(C)Nc1cc(Nc2cccc([N+](=O)[O-])c2)ncn1. The molecule has 0 bridgehead atoms. The standard InChI is InChI=1S/C13H15N5O2/c1-9(2)16-12-7-13(15-8-14-12)17-10-4-3-5-11(6-10)18(19)20/h3-9H,1-2H3,(H2,14,15,16,17). The summed E-state index contributed by atoms with van der Waals surface area (Å²) in [7, 11) is 0. The largest absolute Gasteiger partial charge is 0.368 e. The van der Waals surface area contributed by atoms with Crippen LogP contribution in [0.5, 0.6) is 0 Å². The molecule has 2 aromatic rings. The molecule has 0 radical (unpaired) electrons. The van der Waals surface area contributed by atoms with Crippen LogP contribution in [0, 0.1) is 10.1 Å². The van der Waals surface area contributed by atoms with Gasteiger partial charge in [-0.25, -0.2) is 9.97 Å². The summed E-state index contributed by atoms with van der Waals surface area (Å²) >= 11 is 0. The zero-order valence-electron chi connectivity index (χ0n) is 11.2. The van der Waals surface area contributed by atoms with Gasteiger partial charge in [-0.3, -0.25) is 10.1 Å². The lowest BCUT2D eigenvalue weighted by atomic mass is 10.3. The molecule has 0 saturated carbocycles. The van der Waals surface area contributed by atoms with E-state index in [9.17, 15) is 10.1 Å². The van der Waals surface area contributed by atoms with E-state index in [2.05, 4.69) is 20.6 Å². The Morgan fingerprint density at radius 2 is 1.95 bits per heavy atom. The number of benzene rings is 1. The Kier molecular flexibility index (Phi) is 4.09. The maximum atomic E-state index is 10.7. The molecule has 0 aliphatic carbocycles. The number of nitro groups is 1. The number of nitro benzene ring substituents is 1. The Morgan fingerprint density at radius 3 is 2.65 bits per heavy atom. The summed E-state index contributed by atoms with van der Waals surface area (Å²) in [5.41, 5.74) is 0.637. The van der Waals surface area contributed by atoms with Crippen LogP contribution in [-0.2, 0) is 0 Å². The Morgan fingerprint density at radius 1 is 1.20 bits per heavy atom. The molecule has 0 unspecified atom stereocenters. The van der Waals surface area contributed by atoms with E-state index in [0.717, 1.165) is 0 Å². The van der Waals surface area contributed by atoms with Gasteiger partial charge in [0, 0.05) is 29.9 Å². The van der Waals surface area contributed by atoms with Crippen LogP contribution in [-0.4, -0.2) is 20.9 Å². The van der Waals surface area contributed by atoms with Gasteiger partial charge in [0.25, 0.3) is 5.69 Å². The molecule has 0 saturated heterocycles. The van der Waals surface area contributed by atoms with E-state index in [1.165, 1.54) is 18.5 Å². The predicted octanol–water partition coefficient (Wildman–Crippen LogP) is 2.95. The molecule has 7 nitrogen and oxygen atoms in total. The Hall–Kier alpha value is -2.70. The fraction of sp³-hybridized carbons (Fsp3) is 0.231. The van der Waals surface area contributed by atoms with Gasteiger partial charge < -0.3 is 10.6 Å². The average molecular weight is 273 g/mol. The van der Waals surface area contributed by atoms with Gasteiger partial charge in [0.2, 0.25) is 0 Å². The van der Waals surface area contributed by atoms with Crippen molar-refractivity contribution in [3.63, 3.8) is 0 Å². The Bertz CT molecular complexity index is 615. The zero-order valence-corrected chi connectivity index (χ0v) is 11.2. The highest BCUT2D eigenvalue weighted by molar-refractivity contribution is 5.61. The fourth-order valence-corrected chi connectivity index (χ4v) is 1.65. The van der Waals surface area contributed by atoms with Crippen LogP contribution in [0.15, 0.2) is 36.7 Å². The van der Waals surface area contributed by atoms with Crippen molar-refractivity contribution in [1.82, 2.24) is 9.97 Å². The van der Waals surface area contributed by atoms with Crippen LogP contribution < -0.4 is 10.6 Å². The number of hydrogen-bond donors (Lipinski definition) is 2. The van der Waals surface area contributed by atoms with Crippen molar-refractivity contribution >= 4 is 23.0 Å². The van der Waals surface area contributed by atoms with Crippen molar-refractivity contribution in [1.29, 1.82) is 0 Å². The van der Waals surface area contributed by atoms with E-state index in [1.54, 1.807) is 18.2 Å². The quantitative estimate of drug-likeness (QED) is 0.642. The summed E-state index contributed by atoms with van der Waals surface area (Å²) in [6.07, 6.45) is 1.43. The lowest BCUT2D eigenvalue weighted by Crippen LogP contribution is -2.11. The predicted molar refractivity (Wildman–Crippen MR) is 77.2 cm³/mol. The van der Waals surface area contributed by atoms with E-state index in [0.29, 0.717) is 17.3 Å². The second-order valence-electron chi connectivity index (χ2n) is 4.52. The van der Waals surface area contributed by atoms with Crippen molar-refractivity contribution in [2.24, 2.45) is 0 Å². The molecular weight excluding hydrogens is 258 g/mol. The maximum absolute atomic E-state index is 10.7. The molecule has 0 amide bonds. The molecule has 2 rings (SSSR count). The molecule has 0 aliphatic heterocycles. The number of hydrogen-bond acceptors (Lipinski definition) is 6. The molecule has 1 heterocycles. The molecule has 2 N–H and O–H groups in total. The van der Waals surface area contributed by atoms with E-state index < -0.39 is 4.92 Å². The smallest absolute Gasteiger partial charge is 0.271 e. The van der Waals surface area contributed by atoms with E-state index in [-0.39, 0.29) is 11.7 Å². The van der Waals surface area contributed by atoms with Crippen molar-refractivity contribution in [3.05, 3.63) is 46.8 Å².